The number of nitrogens with zero attached hydrogens (tertiary/aromatic N) is 2. The number of hydrogen-bond acceptors (Lipinski definition) is 4. The molecule has 2 N–H and O–H groups in total. The Bertz CT molecular complexity index is 845. The van der Waals surface area contributed by atoms with E-state index >= 15 is 0 Å². The first kappa shape index (κ1) is 19.8. The molecule has 3 amide bonds. The van der Waals surface area contributed by atoms with Crippen molar-refractivity contribution in [3.8, 4) is 11.8 Å². The lowest BCUT2D eigenvalue weighted by atomic mass is 10.2. The molecule has 0 atom stereocenters. The number of amides is 3. The summed E-state index contributed by atoms with van der Waals surface area (Å²) in [4.78, 5) is 25.5. The maximum Gasteiger partial charge on any atom is 0.420 e. The summed E-state index contributed by atoms with van der Waals surface area (Å²) in [5.41, 5.74) is 2.04. The molecule has 0 saturated carbocycles. The van der Waals surface area contributed by atoms with E-state index in [1.807, 2.05) is 32.0 Å². The third kappa shape index (κ3) is 6.04. The van der Waals surface area contributed by atoms with Crippen molar-refractivity contribution >= 4 is 23.5 Å². The first-order chi connectivity index (χ1) is 13.0. The third-order valence-corrected chi connectivity index (χ3v) is 3.60. The Balaban J connectivity index is 2.10. The smallest absolute Gasteiger partial charge is 0.410 e. The first-order valence-corrected chi connectivity index (χ1v) is 8.61. The molecule has 0 spiro atoms. The summed E-state index contributed by atoms with van der Waals surface area (Å²) in [5, 5.41) is 14.4. The molecule has 0 aliphatic heterocycles. The van der Waals surface area contributed by atoms with Crippen molar-refractivity contribution in [1.29, 1.82) is 5.26 Å². The van der Waals surface area contributed by atoms with Gasteiger partial charge in [-0.3, -0.25) is 4.90 Å². The van der Waals surface area contributed by atoms with Crippen LogP contribution in [0.5, 0.6) is 5.75 Å². The lowest BCUT2D eigenvalue weighted by molar-refractivity contribution is 0.208. The van der Waals surface area contributed by atoms with Crippen molar-refractivity contribution in [2.45, 2.75) is 20.3 Å². The summed E-state index contributed by atoms with van der Waals surface area (Å²) in [6, 6.07) is 15.4. The van der Waals surface area contributed by atoms with E-state index in [-0.39, 0.29) is 18.3 Å². The average molecular weight is 366 g/mol. The zero-order chi connectivity index (χ0) is 19.6. The van der Waals surface area contributed by atoms with Crippen LogP contribution in [0.2, 0.25) is 0 Å². The highest BCUT2D eigenvalue weighted by atomic mass is 16.6. The van der Waals surface area contributed by atoms with Crippen LogP contribution in [-0.4, -0.2) is 25.2 Å². The van der Waals surface area contributed by atoms with Gasteiger partial charge in [0.1, 0.15) is 12.3 Å². The van der Waals surface area contributed by atoms with Crippen LogP contribution in [0, 0.1) is 18.3 Å². The van der Waals surface area contributed by atoms with E-state index in [0.29, 0.717) is 17.9 Å². The maximum absolute atomic E-state index is 12.5. The van der Waals surface area contributed by atoms with Crippen LogP contribution in [0.1, 0.15) is 18.9 Å². The second-order valence-electron chi connectivity index (χ2n) is 5.86. The maximum atomic E-state index is 12.5. The van der Waals surface area contributed by atoms with Gasteiger partial charge in [0.05, 0.1) is 6.07 Å². The van der Waals surface area contributed by atoms with E-state index < -0.39 is 6.09 Å². The van der Waals surface area contributed by atoms with Crippen LogP contribution in [0.15, 0.2) is 48.5 Å². The molecule has 0 aliphatic rings. The summed E-state index contributed by atoms with van der Waals surface area (Å²) < 4.78 is 5.39. The second kappa shape index (κ2) is 9.82. The minimum absolute atomic E-state index is 0.139. The molecule has 0 bridgehead atoms. The Labute approximate surface area is 158 Å². The zero-order valence-electron chi connectivity index (χ0n) is 15.4. The van der Waals surface area contributed by atoms with E-state index in [4.69, 9.17) is 10.00 Å². The van der Waals surface area contributed by atoms with Crippen LogP contribution in [0.3, 0.4) is 0 Å². The normalized spacial score (nSPS) is 9.81. The summed E-state index contributed by atoms with van der Waals surface area (Å²) in [6.07, 6.45) is 0.161. The second-order valence-corrected chi connectivity index (χ2v) is 5.86. The van der Waals surface area contributed by atoms with Gasteiger partial charge in [-0.1, -0.05) is 25.1 Å². The fourth-order valence-corrected chi connectivity index (χ4v) is 2.33. The largest absolute Gasteiger partial charge is 0.420 e. The van der Waals surface area contributed by atoms with Crippen molar-refractivity contribution in [2.24, 2.45) is 0 Å². The van der Waals surface area contributed by atoms with E-state index in [1.54, 1.807) is 36.4 Å². The van der Waals surface area contributed by atoms with Crippen molar-refractivity contribution in [2.75, 3.05) is 23.3 Å². The molecule has 0 saturated heterocycles. The molecule has 2 rings (SSSR count). The van der Waals surface area contributed by atoms with Gasteiger partial charge in [-0.25, -0.2) is 9.59 Å². The number of nitriles is 1. The quantitative estimate of drug-likeness (QED) is 0.754. The molecule has 0 radical (unpaired) electrons. The number of ether oxygens (including phenoxy) is 1. The topological polar surface area (TPSA) is 94.5 Å². The van der Waals surface area contributed by atoms with Gasteiger partial charge in [-0.2, -0.15) is 5.26 Å². The Morgan fingerprint density at radius 2 is 1.96 bits per heavy atom. The van der Waals surface area contributed by atoms with E-state index in [2.05, 4.69) is 10.6 Å². The highest BCUT2D eigenvalue weighted by Gasteiger charge is 2.18. The number of urea groups is 1. The fourth-order valence-electron chi connectivity index (χ4n) is 2.33. The molecule has 27 heavy (non-hydrogen) atoms. The number of aryl methyl sites for hydroxylation is 1. The van der Waals surface area contributed by atoms with Crippen molar-refractivity contribution in [1.82, 2.24) is 5.32 Å². The molecule has 0 aromatic heterocycles. The summed E-state index contributed by atoms with van der Waals surface area (Å²) in [6.45, 7) is 4.29. The lowest BCUT2D eigenvalue weighted by Gasteiger charge is -2.19. The number of rotatable bonds is 6. The van der Waals surface area contributed by atoms with Crippen molar-refractivity contribution in [3.63, 3.8) is 0 Å². The Morgan fingerprint density at radius 1 is 1.19 bits per heavy atom. The molecule has 0 unspecified atom stereocenters. The fraction of sp³-hybridized carbons (Fsp3) is 0.250. The number of benzene rings is 2. The number of anilines is 2. The first-order valence-electron chi connectivity index (χ1n) is 8.61. The lowest BCUT2D eigenvalue weighted by Crippen LogP contribution is -2.34. The minimum Gasteiger partial charge on any atom is -0.410 e. The van der Waals surface area contributed by atoms with Gasteiger partial charge in [-0.05, 0) is 43.2 Å². The van der Waals surface area contributed by atoms with Crippen LogP contribution in [-0.2, 0) is 0 Å². The Kier molecular flexibility index (Phi) is 7.20. The highest BCUT2D eigenvalue weighted by Crippen LogP contribution is 2.21. The number of nitrogens with one attached hydrogen (secondary N) is 2. The SMILES string of the molecule is CCCNC(=O)Nc1cccc(OC(=O)N(CC#N)c2cccc(C)c2)c1. The van der Waals surface area contributed by atoms with Gasteiger partial charge < -0.3 is 15.4 Å². The number of hydrogen-bond donors (Lipinski definition) is 2. The Morgan fingerprint density at radius 3 is 2.67 bits per heavy atom. The predicted octanol–water partition coefficient (Wildman–Crippen LogP) is 4.06. The highest BCUT2D eigenvalue weighted by molar-refractivity contribution is 5.91. The van der Waals surface area contributed by atoms with Gasteiger partial charge >= 0.3 is 12.1 Å². The zero-order valence-corrected chi connectivity index (χ0v) is 15.4. The van der Waals surface area contributed by atoms with Gasteiger partial charge in [0.2, 0.25) is 0 Å². The average Bonchev–Trinajstić information content (AvgIpc) is 2.64. The molecule has 0 heterocycles. The van der Waals surface area contributed by atoms with Gasteiger partial charge in [0.15, 0.2) is 0 Å². The predicted molar refractivity (Wildman–Crippen MR) is 104 cm³/mol. The van der Waals surface area contributed by atoms with Crippen LogP contribution in [0.25, 0.3) is 0 Å². The molecule has 0 fully saturated rings. The third-order valence-electron chi connectivity index (χ3n) is 3.60. The van der Waals surface area contributed by atoms with E-state index in [0.717, 1.165) is 12.0 Å². The van der Waals surface area contributed by atoms with Crippen LogP contribution >= 0.6 is 0 Å². The van der Waals surface area contributed by atoms with Crippen molar-refractivity contribution < 1.29 is 14.3 Å². The minimum atomic E-state index is -0.672. The summed E-state index contributed by atoms with van der Waals surface area (Å²) in [5.74, 6) is 0.267. The molecule has 2 aromatic carbocycles. The van der Waals surface area contributed by atoms with Crippen molar-refractivity contribution in [3.05, 3.63) is 54.1 Å². The standard InChI is InChI=1S/C20H22N4O3/c1-3-11-22-19(25)23-16-7-5-9-18(14-16)27-20(26)24(12-10-21)17-8-4-6-15(2)13-17/h4-9,13-14H,3,11-12H2,1-2H3,(H2,22,23,25). The molecular formula is C20H22N4O3. The number of carbonyl (C=O) groups is 2. The van der Waals surface area contributed by atoms with Gasteiger partial charge in [0.25, 0.3) is 0 Å². The molecule has 0 aliphatic carbocycles. The summed E-state index contributed by atoms with van der Waals surface area (Å²) >= 11 is 0. The number of carbonyl (C=O) groups excluding carboxylic acids is 2. The van der Waals surface area contributed by atoms with Gasteiger partial charge in [-0.15, -0.1) is 0 Å². The summed E-state index contributed by atoms with van der Waals surface area (Å²) in [7, 11) is 0. The molecule has 2 aromatic rings. The molecule has 140 valence electrons. The monoisotopic (exact) mass is 366 g/mol. The van der Waals surface area contributed by atoms with Gasteiger partial charge in [0, 0.05) is 24.0 Å². The molecule has 7 nitrogen and oxygen atoms in total. The Hall–Kier alpha value is -3.53. The van der Waals surface area contributed by atoms with Crippen LogP contribution < -0.4 is 20.3 Å². The van der Waals surface area contributed by atoms with Crippen LogP contribution in [0.4, 0.5) is 21.0 Å². The van der Waals surface area contributed by atoms with E-state index in [9.17, 15) is 9.59 Å². The molecule has 7 heteroatoms. The van der Waals surface area contributed by atoms with E-state index in [1.165, 1.54) is 4.90 Å². The molecular weight excluding hydrogens is 344 g/mol.